The van der Waals surface area contributed by atoms with Gasteiger partial charge in [0.05, 0.1) is 5.69 Å². The van der Waals surface area contributed by atoms with Gasteiger partial charge in [-0.2, -0.15) is 0 Å². The van der Waals surface area contributed by atoms with Crippen LogP contribution in [0.2, 0.25) is 0 Å². The number of fused-ring (bicyclic) bond motifs is 1. The molecule has 26 heavy (non-hydrogen) atoms. The van der Waals surface area contributed by atoms with Gasteiger partial charge in [0.15, 0.2) is 10.8 Å². The number of amides is 1. The van der Waals surface area contributed by atoms with Gasteiger partial charge in [0.2, 0.25) is 5.91 Å². The van der Waals surface area contributed by atoms with Crippen molar-refractivity contribution in [1.82, 2.24) is 20.3 Å². The first-order valence-corrected chi connectivity index (χ1v) is 9.74. The summed E-state index contributed by atoms with van der Waals surface area (Å²) in [5, 5.41) is 5.85. The Morgan fingerprint density at radius 1 is 1.19 bits per heavy atom. The van der Waals surface area contributed by atoms with E-state index in [0.717, 1.165) is 30.0 Å². The molecule has 0 fully saturated rings. The molecule has 0 saturated carbocycles. The van der Waals surface area contributed by atoms with Gasteiger partial charge in [-0.15, -0.1) is 11.3 Å². The summed E-state index contributed by atoms with van der Waals surface area (Å²) in [6.07, 6.45) is 6.86. The zero-order chi connectivity index (χ0) is 17.8. The molecule has 1 unspecified atom stereocenters. The number of hydrogen-bond donors (Lipinski definition) is 1. The van der Waals surface area contributed by atoms with Crippen molar-refractivity contribution in [3.63, 3.8) is 0 Å². The van der Waals surface area contributed by atoms with E-state index in [0.29, 0.717) is 24.7 Å². The number of thiazole rings is 1. The highest BCUT2D eigenvalue weighted by Crippen LogP contribution is 2.35. The molecule has 0 spiro atoms. The second kappa shape index (κ2) is 7.74. The Kier molecular flexibility index (Phi) is 5.02. The van der Waals surface area contributed by atoms with Gasteiger partial charge in [-0.1, -0.05) is 24.3 Å². The summed E-state index contributed by atoms with van der Waals surface area (Å²) >= 11 is 1.53. The van der Waals surface area contributed by atoms with E-state index in [1.54, 1.807) is 18.5 Å². The Morgan fingerprint density at radius 3 is 2.92 bits per heavy atom. The third-order valence-corrected chi connectivity index (χ3v) is 5.59. The van der Waals surface area contributed by atoms with Crippen LogP contribution in [0, 0.1) is 0 Å². The number of rotatable bonds is 6. The molecular weight excluding hydrogens is 344 g/mol. The lowest BCUT2D eigenvalue weighted by Gasteiger charge is -2.11. The van der Waals surface area contributed by atoms with E-state index in [1.807, 2.05) is 5.38 Å². The van der Waals surface area contributed by atoms with Crippen LogP contribution in [0.4, 0.5) is 0 Å². The third kappa shape index (κ3) is 3.80. The van der Waals surface area contributed by atoms with Gasteiger partial charge in [-0.25, -0.2) is 15.0 Å². The lowest BCUT2D eigenvalue weighted by molar-refractivity contribution is -0.121. The molecule has 6 heteroatoms. The number of carbonyl (C=O) groups excluding carboxylic acids is 1. The normalized spacial score (nSPS) is 15.6. The molecule has 0 saturated heterocycles. The fourth-order valence-electron chi connectivity index (χ4n) is 3.42. The van der Waals surface area contributed by atoms with Gasteiger partial charge in [0.25, 0.3) is 0 Å². The Bertz CT molecular complexity index is 894. The van der Waals surface area contributed by atoms with E-state index in [1.165, 1.54) is 22.5 Å². The summed E-state index contributed by atoms with van der Waals surface area (Å²) < 4.78 is 0. The summed E-state index contributed by atoms with van der Waals surface area (Å²) in [5.74, 6) is 1.12. The molecule has 1 aliphatic carbocycles. The molecule has 0 aliphatic heterocycles. The summed E-state index contributed by atoms with van der Waals surface area (Å²) in [6.45, 7) is 0.603. The van der Waals surface area contributed by atoms with Crippen molar-refractivity contribution in [3.05, 3.63) is 64.9 Å². The SMILES string of the molecule is O=C(CC1CCc2ccccc21)NCCc1csc(-c2ncccn2)n1. The van der Waals surface area contributed by atoms with Crippen LogP contribution in [-0.2, 0) is 17.6 Å². The van der Waals surface area contributed by atoms with Gasteiger partial charge < -0.3 is 5.32 Å². The molecule has 2 heterocycles. The fourth-order valence-corrected chi connectivity index (χ4v) is 4.22. The van der Waals surface area contributed by atoms with E-state index < -0.39 is 0 Å². The van der Waals surface area contributed by atoms with Crippen molar-refractivity contribution in [2.75, 3.05) is 6.54 Å². The molecule has 4 rings (SSSR count). The zero-order valence-corrected chi connectivity index (χ0v) is 15.2. The van der Waals surface area contributed by atoms with Gasteiger partial charge in [-0.05, 0) is 36.0 Å². The van der Waals surface area contributed by atoms with E-state index in [4.69, 9.17) is 0 Å². The molecule has 1 amide bonds. The van der Waals surface area contributed by atoms with Crippen LogP contribution in [0.5, 0.6) is 0 Å². The fraction of sp³-hybridized carbons (Fsp3) is 0.300. The second-order valence-corrected chi connectivity index (χ2v) is 7.31. The second-order valence-electron chi connectivity index (χ2n) is 6.45. The minimum Gasteiger partial charge on any atom is -0.356 e. The molecule has 2 aromatic heterocycles. The van der Waals surface area contributed by atoms with E-state index in [-0.39, 0.29) is 5.91 Å². The van der Waals surface area contributed by atoms with E-state index in [2.05, 4.69) is 44.5 Å². The minimum atomic E-state index is 0.119. The molecule has 5 nitrogen and oxygen atoms in total. The minimum absolute atomic E-state index is 0.119. The predicted octanol–water partition coefficient (Wildman–Crippen LogP) is 3.38. The molecule has 0 bridgehead atoms. The average Bonchev–Trinajstić information content (AvgIpc) is 3.30. The molecule has 1 atom stereocenters. The lowest BCUT2D eigenvalue weighted by atomic mass is 9.97. The van der Waals surface area contributed by atoms with Gasteiger partial charge in [0.1, 0.15) is 0 Å². The maximum Gasteiger partial charge on any atom is 0.220 e. The van der Waals surface area contributed by atoms with Crippen LogP contribution in [0.3, 0.4) is 0 Å². The van der Waals surface area contributed by atoms with Crippen LogP contribution < -0.4 is 5.32 Å². The Morgan fingerprint density at radius 2 is 2.04 bits per heavy atom. The summed E-state index contributed by atoms with van der Waals surface area (Å²) in [7, 11) is 0. The quantitative estimate of drug-likeness (QED) is 0.728. The van der Waals surface area contributed by atoms with Gasteiger partial charge in [-0.3, -0.25) is 4.79 Å². The molecular formula is C20H20N4OS. The monoisotopic (exact) mass is 364 g/mol. The van der Waals surface area contributed by atoms with Crippen LogP contribution >= 0.6 is 11.3 Å². The van der Waals surface area contributed by atoms with Gasteiger partial charge >= 0.3 is 0 Å². The molecule has 0 radical (unpaired) electrons. The summed E-state index contributed by atoms with van der Waals surface area (Å²) in [5.41, 5.74) is 3.70. The van der Waals surface area contributed by atoms with Crippen molar-refractivity contribution >= 4 is 17.2 Å². The topological polar surface area (TPSA) is 67.8 Å². The molecule has 3 aromatic rings. The van der Waals surface area contributed by atoms with E-state index >= 15 is 0 Å². The number of hydrogen-bond acceptors (Lipinski definition) is 5. The first-order valence-electron chi connectivity index (χ1n) is 8.86. The van der Waals surface area contributed by atoms with Crippen LogP contribution in [0.15, 0.2) is 48.1 Å². The maximum atomic E-state index is 12.3. The Labute approximate surface area is 156 Å². The third-order valence-electron chi connectivity index (χ3n) is 4.70. The van der Waals surface area contributed by atoms with Crippen molar-refractivity contribution < 1.29 is 4.79 Å². The maximum absolute atomic E-state index is 12.3. The number of benzene rings is 1. The molecule has 1 N–H and O–H groups in total. The number of aryl methyl sites for hydroxylation is 1. The number of carbonyl (C=O) groups is 1. The number of aromatic nitrogens is 3. The molecule has 1 aromatic carbocycles. The number of nitrogens with zero attached hydrogens (tertiary/aromatic N) is 3. The first-order chi connectivity index (χ1) is 12.8. The van der Waals surface area contributed by atoms with Crippen molar-refractivity contribution in [1.29, 1.82) is 0 Å². The van der Waals surface area contributed by atoms with Crippen LogP contribution in [0.1, 0.15) is 35.6 Å². The Hall–Kier alpha value is -2.60. The van der Waals surface area contributed by atoms with Crippen LogP contribution in [-0.4, -0.2) is 27.4 Å². The zero-order valence-electron chi connectivity index (χ0n) is 14.4. The highest BCUT2D eigenvalue weighted by atomic mass is 32.1. The van der Waals surface area contributed by atoms with Gasteiger partial charge in [0, 0.05) is 37.2 Å². The highest BCUT2D eigenvalue weighted by Gasteiger charge is 2.23. The lowest BCUT2D eigenvalue weighted by Crippen LogP contribution is -2.26. The summed E-state index contributed by atoms with van der Waals surface area (Å²) in [4.78, 5) is 25.3. The Balaban J connectivity index is 1.26. The smallest absolute Gasteiger partial charge is 0.220 e. The van der Waals surface area contributed by atoms with Crippen molar-refractivity contribution in [3.8, 4) is 10.8 Å². The largest absolute Gasteiger partial charge is 0.356 e. The van der Waals surface area contributed by atoms with Crippen LogP contribution in [0.25, 0.3) is 10.8 Å². The standard InChI is InChI=1S/C20H20N4OS/c25-18(12-15-7-6-14-4-1-2-5-17(14)15)21-11-8-16-13-26-20(24-16)19-22-9-3-10-23-19/h1-5,9-10,13,15H,6-8,11-12H2,(H,21,25). The summed E-state index contributed by atoms with van der Waals surface area (Å²) in [6, 6.07) is 10.2. The number of nitrogens with one attached hydrogen (secondary N) is 1. The van der Waals surface area contributed by atoms with Crippen molar-refractivity contribution in [2.45, 2.75) is 31.6 Å². The molecule has 132 valence electrons. The van der Waals surface area contributed by atoms with E-state index in [9.17, 15) is 4.79 Å². The highest BCUT2D eigenvalue weighted by molar-refractivity contribution is 7.13. The average molecular weight is 364 g/mol. The predicted molar refractivity (Wildman–Crippen MR) is 102 cm³/mol. The molecule has 1 aliphatic rings. The first kappa shape index (κ1) is 16.8. The van der Waals surface area contributed by atoms with Crippen molar-refractivity contribution in [2.24, 2.45) is 0 Å².